The molecule has 1 aromatic carbocycles. The summed E-state index contributed by atoms with van der Waals surface area (Å²) in [5.41, 5.74) is 2.90. The number of nitrogens with zero attached hydrogens (tertiary/aromatic N) is 2. The smallest absolute Gasteiger partial charge is 0.254 e. The average Bonchev–Trinajstić information content (AvgIpc) is 3.09. The van der Waals surface area contributed by atoms with Crippen LogP contribution in [-0.2, 0) is 11.3 Å². The van der Waals surface area contributed by atoms with Gasteiger partial charge in [0.05, 0.1) is 13.2 Å². The lowest BCUT2D eigenvalue weighted by Gasteiger charge is -2.19. The minimum atomic E-state index is -0.0480. The standard InChI is InChI=1S/C19H22N2O3/c1-14-5-3-4-6-16(14)12-21(2)19(22)15-7-9-20-18(11-15)24-17-8-10-23-13-17/h3-7,9,11,17H,8,10,12-13H2,1-2H3. The normalized spacial score (nSPS) is 16.8. The van der Waals surface area contributed by atoms with Crippen molar-refractivity contribution >= 4 is 5.91 Å². The predicted octanol–water partition coefficient (Wildman–Crippen LogP) is 2.83. The van der Waals surface area contributed by atoms with E-state index in [4.69, 9.17) is 9.47 Å². The molecule has 1 unspecified atom stereocenters. The van der Waals surface area contributed by atoms with Gasteiger partial charge >= 0.3 is 0 Å². The number of hydrogen-bond acceptors (Lipinski definition) is 4. The van der Waals surface area contributed by atoms with Crippen LogP contribution in [0.3, 0.4) is 0 Å². The molecule has 24 heavy (non-hydrogen) atoms. The van der Waals surface area contributed by atoms with E-state index in [1.165, 1.54) is 5.56 Å². The minimum absolute atomic E-state index is 0.0209. The number of carbonyl (C=O) groups excluding carboxylic acids is 1. The van der Waals surface area contributed by atoms with E-state index >= 15 is 0 Å². The highest BCUT2D eigenvalue weighted by atomic mass is 16.5. The molecule has 1 aliphatic heterocycles. The SMILES string of the molecule is Cc1ccccc1CN(C)C(=O)c1ccnc(OC2CCOC2)c1. The maximum absolute atomic E-state index is 12.7. The average molecular weight is 326 g/mol. The second kappa shape index (κ2) is 7.45. The van der Waals surface area contributed by atoms with Gasteiger partial charge in [-0.2, -0.15) is 0 Å². The second-order valence-electron chi connectivity index (χ2n) is 6.07. The van der Waals surface area contributed by atoms with Crippen LogP contribution in [0.5, 0.6) is 5.88 Å². The number of amides is 1. The van der Waals surface area contributed by atoms with E-state index in [0.29, 0.717) is 31.2 Å². The Morgan fingerprint density at radius 2 is 2.21 bits per heavy atom. The molecule has 5 nitrogen and oxygen atoms in total. The van der Waals surface area contributed by atoms with Crippen LogP contribution in [0.4, 0.5) is 0 Å². The Morgan fingerprint density at radius 1 is 1.38 bits per heavy atom. The Morgan fingerprint density at radius 3 is 2.96 bits per heavy atom. The van der Waals surface area contributed by atoms with Gasteiger partial charge in [0, 0.05) is 37.8 Å². The Balaban J connectivity index is 1.68. The number of rotatable bonds is 5. The van der Waals surface area contributed by atoms with Crippen LogP contribution in [0.15, 0.2) is 42.6 Å². The molecule has 1 amide bonds. The number of ether oxygens (including phenoxy) is 2. The first kappa shape index (κ1) is 16.5. The molecule has 1 aromatic heterocycles. The topological polar surface area (TPSA) is 51.7 Å². The van der Waals surface area contributed by atoms with Crippen LogP contribution in [0.2, 0.25) is 0 Å². The molecule has 2 aromatic rings. The number of aryl methyl sites for hydroxylation is 1. The Kier molecular flexibility index (Phi) is 5.11. The van der Waals surface area contributed by atoms with Gasteiger partial charge in [-0.25, -0.2) is 4.98 Å². The molecule has 0 aliphatic carbocycles. The molecule has 1 fully saturated rings. The molecule has 3 rings (SSSR count). The van der Waals surface area contributed by atoms with Gasteiger partial charge in [-0.15, -0.1) is 0 Å². The van der Waals surface area contributed by atoms with Crippen molar-refractivity contribution in [2.45, 2.75) is 26.0 Å². The summed E-state index contributed by atoms with van der Waals surface area (Å²) < 4.78 is 11.1. The molecule has 1 saturated heterocycles. The molecule has 126 valence electrons. The summed E-state index contributed by atoms with van der Waals surface area (Å²) in [6, 6.07) is 11.5. The van der Waals surface area contributed by atoms with Crippen molar-refractivity contribution in [1.82, 2.24) is 9.88 Å². The van der Waals surface area contributed by atoms with Crippen molar-refractivity contribution in [3.8, 4) is 5.88 Å². The van der Waals surface area contributed by atoms with Crippen LogP contribution in [0.25, 0.3) is 0 Å². The van der Waals surface area contributed by atoms with Gasteiger partial charge in [0.25, 0.3) is 5.91 Å². The lowest BCUT2D eigenvalue weighted by Crippen LogP contribution is -2.26. The van der Waals surface area contributed by atoms with Gasteiger partial charge in [0.15, 0.2) is 0 Å². The van der Waals surface area contributed by atoms with Crippen LogP contribution < -0.4 is 4.74 Å². The van der Waals surface area contributed by atoms with Crippen molar-refractivity contribution < 1.29 is 14.3 Å². The minimum Gasteiger partial charge on any atom is -0.472 e. The van der Waals surface area contributed by atoms with Gasteiger partial charge < -0.3 is 14.4 Å². The van der Waals surface area contributed by atoms with Crippen molar-refractivity contribution in [3.05, 3.63) is 59.3 Å². The largest absolute Gasteiger partial charge is 0.472 e. The summed E-state index contributed by atoms with van der Waals surface area (Å²) in [5.74, 6) is 0.425. The van der Waals surface area contributed by atoms with E-state index in [2.05, 4.69) is 18.0 Å². The highest BCUT2D eigenvalue weighted by molar-refractivity contribution is 5.94. The third-order valence-corrected chi connectivity index (χ3v) is 4.17. The predicted molar refractivity (Wildman–Crippen MR) is 91.1 cm³/mol. The van der Waals surface area contributed by atoms with Gasteiger partial charge in [-0.3, -0.25) is 4.79 Å². The third-order valence-electron chi connectivity index (χ3n) is 4.17. The van der Waals surface area contributed by atoms with Gasteiger partial charge in [-0.1, -0.05) is 24.3 Å². The van der Waals surface area contributed by atoms with Crippen molar-refractivity contribution in [3.63, 3.8) is 0 Å². The molecule has 1 atom stereocenters. The van der Waals surface area contributed by atoms with E-state index < -0.39 is 0 Å². The zero-order valence-corrected chi connectivity index (χ0v) is 14.1. The zero-order valence-electron chi connectivity index (χ0n) is 14.1. The molecule has 0 radical (unpaired) electrons. The fraction of sp³-hybridized carbons (Fsp3) is 0.368. The molecule has 2 heterocycles. The van der Waals surface area contributed by atoms with Crippen molar-refractivity contribution in [2.75, 3.05) is 20.3 Å². The third kappa shape index (κ3) is 3.92. The molecular formula is C19H22N2O3. The summed E-state index contributed by atoms with van der Waals surface area (Å²) in [6.45, 7) is 3.91. The molecule has 0 N–H and O–H groups in total. The second-order valence-corrected chi connectivity index (χ2v) is 6.07. The first-order valence-corrected chi connectivity index (χ1v) is 8.14. The first-order chi connectivity index (χ1) is 11.6. The lowest BCUT2D eigenvalue weighted by molar-refractivity contribution is 0.0783. The van der Waals surface area contributed by atoms with Crippen LogP contribution >= 0.6 is 0 Å². The summed E-state index contributed by atoms with van der Waals surface area (Å²) in [6.07, 6.45) is 2.49. The number of hydrogen-bond donors (Lipinski definition) is 0. The number of aromatic nitrogens is 1. The van der Waals surface area contributed by atoms with E-state index in [1.54, 1.807) is 30.3 Å². The zero-order chi connectivity index (χ0) is 16.9. The Bertz CT molecular complexity index is 711. The highest BCUT2D eigenvalue weighted by Crippen LogP contribution is 2.17. The van der Waals surface area contributed by atoms with Crippen LogP contribution in [0.1, 0.15) is 27.9 Å². The van der Waals surface area contributed by atoms with Crippen molar-refractivity contribution in [2.24, 2.45) is 0 Å². The van der Waals surface area contributed by atoms with E-state index in [0.717, 1.165) is 12.0 Å². The fourth-order valence-corrected chi connectivity index (χ4v) is 2.72. The number of carbonyl (C=O) groups is 1. The van der Waals surface area contributed by atoms with Crippen molar-refractivity contribution in [1.29, 1.82) is 0 Å². The molecular weight excluding hydrogens is 304 g/mol. The first-order valence-electron chi connectivity index (χ1n) is 8.14. The Hall–Kier alpha value is -2.40. The summed E-state index contributed by atoms with van der Waals surface area (Å²) >= 11 is 0. The van der Waals surface area contributed by atoms with E-state index in [9.17, 15) is 4.79 Å². The molecule has 1 aliphatic rings. The molecule has 5 heteroatoms. The Labute approximate surface area is 142 Å². The highest BCUT2D eigenvalue weighted by Gasteiger charge is 2.19. The summed E-state index contributed by atoms with van der Waals surface area (Å²) in [5, 5.41) is 0. The lowest BCUT2D eigenvalue weighted by atomic mass is 10.1. The quantitative estimate of drug-likeness (QED) is 0.848. The monoisotopic (exact) mass is 326 g/mol. The molecule has 0 bridgehead atoms. The maximum Gasteiger partial charge on any atom is 0.254 e. The van der Waals surface area contributed by atoms with Crippen LogP contribution in [-0.4, -0.2) is 42.2 Å². The van der Waals surface area contributed by atoms with E-state index in [-0.39, 0.29) is 12.0 Å². The summed E-state index contributed by atoms with van der Waals surface area (Å²) in [7, 11) is 1.81. The number of pyridine rings is 1. The summed E-state index contributed by atoms with van der Waals surface area (Å²) in [4.78, 5) is 18.6. The molecule has 0 spiro atoms. The van der Waals surface area contributed by atoms with Gasteiger partial charge in [0.2, 0.25) is 5.88 Å². The maximum atomic E-state index is 12.7. The van der Waals surface area contributed by atoms with Gasteiger partial charge in [0.1, 0.15) is 6.10 Å². The number of benzene rings is 1. The molecule has 0 saturated carbocycles. The fourth-order valence-electron chi connectivity index (χ4n) is 2.72. The van der Waals surface area contributed by atoms with Gasteiger partial charge in [-0.05, 0) is 24.1 Å². The van der Waals surface area contributed by atoms with Crippen LogP contribution in [0, 0.1) is 6.92 Å². The van der Waals surface area contributed by atoms with E-state index in [1.807, 2.05) is 18.2 Å².